The first-order chi connectivity index (χ1) is 31.0. The first-order valence-corrected chi connectivity index (χ1v) is 28.9. The van der Waals surface area contributed by atoms with E-state index >= 15 is 0 Å². The van der Waals surface area contributed by atoms with E-state index in [9.17, 15) is 19.4 Å². The molecule has 0 heterocycles. The Morgan fingerprint density at radius 3 is 1.25 bits per heavy atom. The molecule has 9 heteroatoms. The number of likely N-dealkylation sites (N-methyl/N-ethyl adjacent to an activating group) is 1. The number of carbonyl (C=O) groups excluding carboxylic acids is 1. The Labute approximate surface area is 397 Å². The Morgan fingerprint density at radius 2 is 0.859 bits per heavy atom. The predicted octanol–water partition coefficient (Wildman–Crippen LogP) is 16.2. The molecule has 3 atom stereocenters. The molecule has 378 valence electrons. The zero-order valence-electron chi connectivity index (χ0n) is 43.0. The van der Waals surface area contributed by atoms with Gasteiger partial charge in [0.05, 0.1) is 39.9 Å². The van der Waals surface area contributed by atoms with E-state index in [2.05, 4.69) is 43.5 Å². The minimum atomic E-state index is -4.35. The van der Waals surface area contributed by atoms with Gasteiger partial charge in [-0.15, -0.1) is 0 Å². The van der Waals surface area contributed by atoms with Crippen molar-refractivity contribution in [2.75, 3.05) is 40.9 Å². The van der Waals surface area contributed by atoms with Crippen LogP contribution in [0.3, 0.4) is 0 Å². The van der Waals surface area contributed by atoms with Crippen LogP contribution in [-0.2, 0) is 18.4 Å². The van der Waals surface area contributed by atoms with Gasteiger partial charge in [-0.2, -0.15) is 0 Å². The fraction of sp³-hybridized carbons (Fsp3) is 0.873. The van der Waals surface area contributed by atoms with Crippen LogP contribution < -0.4 is 5.32 Å². The molecule has 0 aromatic rings. The predicted molar refractivity (Wildman–Crippen MR) is 277 cm³/mol. The molecule has 1 amide bonds. The van der Waals surface area contributed by atoms with Crippen LogP contribution in [0, 0.1) is 0 Å². The molecule has 0 aliphatic heterocycles. The number of unbranched alkanes of at least 4 members (excludes halogenated alkanes) is 33. The Balaban J connectivity index is 4.13. The third-order valence-electron chi connectivity index (χ3n) is 12.3. The van der Waals surface area contributed by atoms with Gasteiger partial charge in [0.2, 0.25) is 5.91 Å². The van der Waals surface area contributed by atoms with Gasteiger partial charge >= 0.3 is 7.82 Å². The van der Waals surface area contributed by atoms with Crippen LogP contribution in [0.2, 0.25) is 0 Å². The van der Waals surface area contributed by atoms with Crippen LogP contribution in [0.15, 0.2) is 36.5 Å². The van der Waals surface area contributed by atoms with Gasteiger partial charge in [0.15, 0.2) is 0 Å². The SMILES string of the molecule is CCCCCC/C=C/CC/C=C/CC/C=C/C(O)C(COP(=O)(O)OCC[N+](C)(C)C)NC(=O)CCCCCCCCCCCCCCCCCCCCCCCCCCCCCC. The molecule has 0 saturated carbocycles. The largest absolute Gasteiger partial charge is 0.472 e. The first-order valence-electron chi connectivity index (χ1n) is 27.4. The van der Waals surface area contributed by atoms with Gasteiger partial charge in [0, 0.05) is 6.42 Å². The van der Waals surface area contributed by atoms with E-state index in [0.29, 0.717) is 17.4 Å². The fourth-order valence-corrected chi connectivity index (χ4v) is 8.75. The number of rotatable bonds is 50. The maximum Gasteiger partial charge on any atom is 0.472 e. The molecule has 0 aliphatic rings. The normalized spacial score (nSPS) is 14.3. The molecule has 3 N–H and O–H groups in total. The molecule has 64 heavy (non-hydrogen) atoms. The van der Waals surface area contributed by atoms with Crippen LogP contribution in [-0.4, -0.2) is 73.4 Å². The quantitative estimate of drug-likeness (QED) is 0.0243. The van der Waals surface area contributed by atoms with Crippen molar-refractivity contribution in [3.8, 4) is 0 Å². The standard InChI is InChI=1S/C55H107N2O6P/c1-6-8-10-12-14-16-18-20-22-23-24-25-26-27-28-29-30-31-32-33-34-35-37-39-41-43-45-47-49-55(59)56-53(52-63-64(60,61)62-51-50-57(3,4)5)54(58)48-46-44-42-40-38-36-21-19-17-15-13-11-9-7-2/h17,19,38,40,46,48,53-54,58H,6-16,18,20-37,39,41-45,47,49-52H2,1-5H3,(H-,56,59,60,61)/p+1/b19-17+,40-38+,48-46+. The first kappa shape index (κ1) is 62.7. The summed E-state index contributed by atoms with van der Waals surface area (Å²) in [5.41, 5.74) is 0. The summed E-state index contributed by atoms with van der Waals surface area (Å²) in [6, 6.07) is -0.866. The molecule has 3 unspecified atom stereocenters. The van der Waals surface area contributed by atoms with Gasteiger partial charge in [0.25, 0.3) is 0 Å². The highest BCUT2D eigenvalue weighted by Gasteiger charge is 2.27. The molecule has 8 nitrogen and oxygen atoms in total. The molecule has 0 fully saturated rings. The number of amides is 1. The smallest absolute Gasteiger partial charge is 0.387 e. The fourth-order valence-electron chi connectivity index (χ4n) is 8.02. The van der Waals surface area contributed by atoms with E-state index in [1.807, 2.05) is 27.2 Å². The van der Waals surface area contributed by atoms with Gasteiger partial charge < -0.3 is 19.8 Å². The van der Waals surface area contributed by atoms with Gasteiger partial charge in [-0.3, -0.25) is 13.8 Å². The van der Waals surface area contributed by atoms with Gasteiger partial charge in [-0.25, -0.2) is 4.57 Å². The lowest BCUT2D eigenvalue weighted by molar-refractivity contribution is -0.870. The number of quaternary nitrogens is 1. The second-order valence-corrected chi connectivity index (χ2v) is 21.4. The molecule has 0 aromatic heterocycles. The third-order valence-corrected chi connectivity index (χ3v) is 13.3. The Morgan fingerprint density at radius 1 is 0.516 bits per heavy atom. The summed E-state index contributed by atoms with van der Waals surface area (Å²) >= 11 is 0. The number of nitrogens with zero attached hydrogens (tertiary/aromatic N) is 1. The summed E-state index contributed by atoms with van der Waals surface area (Å²) in [5.74, 6) is -0.187. The Hall–Kier alpha value is -1.28. The van der Waals surface area contributed by atoms with E-state index < -0.39 is 20.0 Å². The van der Waals surface area contributed by atoms with Crippen molar-refractivity contribution in [2.24, 2.45) is 0 Å². The average Bonchev–Trinajstić information content (AvgIpc) is 3.25. The Bertz CT molecular complexity index is 1140. The van der Waals surface area contributed by atoms with Gasteiger partial charge in [-0.05, 0) is 44.9 Å². The number of aliphatic hydroxyl groups excluding tert-OH is 1. The lowest BCUT2D eigenvalue weighted by Gasteiger charge is -2.25. The topological polar surface area (TPSA) is 105 Å². The van der Waals surface area contributed by atoms with E-state index in [0.717, 1.165) is 44.9 Å². The van der Waals surface area contributed by atoms with Crippen molar-refractivity contribution in [1.82, 2.24) is 5.32 Å². The van der Waals surface area contributed by atoms with E-state index in [1.165, 1.54) is 193 Å². The minimum Gasteiger partial charge on any atom is -0.387 e. The number of carbonyl (C=O) groups is 1. The zero-order valence-corrected chi connectivity index (χ0v) is 43.9. The van der Waals surface area contributed by atoms with Crippen molar-refractivity contribution in [2.45, 2.75) is 270 Å². The molecule has 0 spiro atoms. The Kier molecular flexibility index (Phi) is 45.9. The molecule has 0 aromatic carbocycles. The van der Waals surface area contributed by atoms with Crippen LogP contribution in [0.1, 0.15) is 258 Å². The summed E-state index contributed by atoms with van der Waals surface area (Å²) in [6.07, 6.45) is 59.7. The summed E-state index contributed by atoms with van der Waals surface area (Å²) in [5, 5.41) is 13.8. The van der Waals surface area contributed by atoms with Crippen molar-refractivity contribution < 1.29 is 32.9 Å². The number of nitrogens with one attached hydrogen (secondary N) is 1. The number of hydrogen-bond donors (Lipinski definition) is 3. The third kappa shape index (κ3) is 48.6. The number of aliphatic hydroxyl groups is 1. The summed E-state index contributed by atoms with van der Waals surface area (Å²) in [4.78, 5) is 23.2. The van der Waals surface area contributed by atoms with Crippen molar-refractivity contribution in [1.29, 1.82) is 0 Å². The highest BCUT2D eigenvalue weighted by atomic mass is 31.2. The minimum absolute atomic E-state index is 0.0548. The van der Waals surface area contributed by atoms with Crippen LogP contribution >= 0.6 is 7.82 Å². The second kappa shape index (κ2) is 46.8. The molecule has 0 saturated heterocycles. The highest BCUT2D eigenvalue weighted by Crippen LogP contribution is 2.43. The van der Waals surface area contributed by atoms with Crippen LogP contribution in [0.4, 0.5) is 0 Å². The highest BCUT2D eigenvalue weighted by molar-refractivity contribution is 7.47. The van der Waals surface area contributed by atoms with Crippen molar-refractivity contribution in [3.05, 3.63) is 36.5 Å². The number of phosphoric ester groups is 1. The molecule has 0 bridgehead atoms. The van der Waals surface area contributed by atoms with Gasteiger partial charge in [0.1, 0.15) is 13.2 Å². The molecular formula is C55H108N2O6P+. The number of phosphoric acid groups is 1. The van der Waals surface area contributed by atoms with E-state index in [1.54, 1.807) is 6.08 Å². The average molecular weight is 924 g/mol. The number of allylic oxidation sites excluding steroid dienone is 5. The lowest BCUT2D eigenvalue weighted by Crippen LogP contribution is -2.45. The van der Waals surface area contributed by atoms with E-state index in [4.69, 9.17) is 9.05 Å². The maximum absolute atomic E-state index is 12.9. The van der Waals surface area contributed by atoms with Crippen LogP contribution in [0.25, 0.3) is 0 Å². The zero-order chi connectivity index (χ0) is 47.1. The van der Waals surface area contributed by atoms with Crippen molar-refractivity contribution >= 4 is 13.7 Å². The molecule has 0 aliphatic carbocycles. The lowest BCUT2D eigenvalue weighted by atomic mass is 10.0. The van der Waals surface area contributed by atoms with Crippen molar-refractivity contribution in [3.63, 3.8) is 0 Å². The monoisotopic (exact) mass is 924 g/mol. The second-order valence-electron chi connectivity index (χ2n) is 19.9. The summed E-state index contributed by atoms with van der Waals surface area (Å²) in [6.45, 7) is 4.79. The van der Waals surface area contributed by atoms with Gasteiger partial charge in [-0.1, -0.05) is 243 Å². The molecule has 0 rings (SSSR count). The maximum atomic E-state index is 12.9. The summed E-state index contributed by atoms with van der Waals surface area (Å²) in [7, 11) is 1.55. The number of hydrogen-bond acceptors (Lipinski definition) is 5. The molecule has 0 radical (unpaired) electrons. The summed E-state index contributed by atoms with van der Waals surface area (Å²) < 4.78 is 23.6. The molecular weight excluding hydrogens is 816 g/mol. The van der Waals surface area contributed by atoms with E-state index in [-0.39, 0.29) is 19.1 Å². The van der Waals surface area contributed by atoms with Crippen LogP contribution in [0.5, 0.6) is 0 Å².